The first-order chi connectivity index (χ1) is 11.7. The topological polar surface area (TPSA) is 48.0 Å². The summed E-state index contributed by atoms with van der Waals surface area (Å²) in [6.07, 6.45) is 4.07. The average Bonchev–Trinajstić information content (AvgIpc) is 3.33. The van der Waals surface area contributed by atoms with Crippen molar-refractivity contribution in [2.75, 3.05) is 26.4 Å². The number of carbonyl (C=O) groups excluding carboxylic acids is 1. The molecule has 0 radical (unpaired) electrons. The highest BCUT2D eigenvalue weighted by Gasteiger charge is 2.36. The normalized spacial score (nSPS) is 24.0. The van der Waals surface area contributed by atoms with E-state index in [0.717, 1.165) is 36.4 Å². The Balaban J connectivity index is 1.51. The van der Waals surface area contributed by atoms with Crippen LogP contribution in [0.15, 0.2) is 18.2 Å². The predicted octanol–water partition coefficient (Wildman–Crippen LogP) is 2.94. The molecule has 1 saturated heterocycles. The van der Waals surface area contributed by atoms with Crippen molar-refractivity contribution < 1.29 is 19.0 Å². The van der Waals surface area contributed by atoms with Crippen LogP contribution in [0, 0.1) is 5.92 Å². The number of benzene rings is 1. The average molecular weight is 331 g/mol. The second kappa shape index (κ2) is 6.63. The van der Waals surface area contributed by atoms with Crippen molar-refractivity contribution in [1.29, 1.82) is 0 Å². The van der Waals surface area contributed by atoms with Gasteiger partial charge in [0.25, 0.3) is 5.91 Å². The van der Waals surface area contributed by atoms with E-state index in [0.29, 0.717) is 25.7 Å². The maximum Gasteiger partial charge on any atom is 0.251 e. The monoisotopic (exact) mass is 331 g/mol. The third kappa shape index (κ3) is 3.09. The van der Waals surface area contributed by atoms with E-state index in [1.165, 1.54) is 12.8 Å². The molecule has 130 valence electrons. The highest BCUT2D eigenvalue weighted by molar-refractivity contribution is 5.81. The first kappa shape index (κ1) is 15.8. The third-order valence-electron chi connectivity index (χ3n) is 5.12. The van der Waals surface area contributed by atoms with Gasteiger partial charge < -0.3 is 19.1 Å². The molecule has 1 saturated carbocycles. The van der Waals surface area contributed by atoms with Crippen LogP contribution in [-0.4, -0.2) is 43.3 Å². The van der Waals surface area contributed by atoms with Gasteiger partial charge in [0.2, 0.25) is 0 Å². The smallest absolute Gasteiger partial charge is 0.251 e. The van der Waals surface area contributed by atoms with Gasteiger partial charge in [0.15, 0.2) is 11.5 Å². The van der Waals surface area contributed by atoms with Crippen LogP contribution in [0.3, 0.4) is 0 Å². The molecule has 0 N–H and O–H groups in total. The lowest BCUT2D eigenvalue weighted by Crippen LogP contribution is -2.39. The fourth-order valence-electron chi connectivity index (χ4n) is 3.58. The van der Waals surface area contributed by atoms with Gasteiger partial charge in [0.1, 0.15) is 19.3 Å². The van der Waals surface area contributed by atoms with Gasteiger partial charge in [-0.1, -0.05) is 12.1 Å². The molecule has 2 atom stereocenters. The van der Waals surface area contributed by atoms with E-state index in [4.69, 9.17) is 14.2 Å². The van der Waals surface area contributed by atoms with Crippen LogP contribution in [0.4, 0.5) is 0 Å². The Hall–Kier alpha value is -1.75. The fourth-order valence-corrected chi connectivity index (χ4v) is 3.58. The third-order valence-corrected chi connectivity index (χ3v) is 5.12. The van der Waals surface area contributed by atoms with Gasteiger partial charge >= 0.3 is 0 Å². The van der Waals surface area contributed by atoms with E-state index in [9.17, 15) is 4.79 Å². The molecule has 1 aromatic rings. The number of nitrogens with zero attached hydrogens (tertiary/aromatic N) is 1. The molecule has 1 aliphatic carbocycles. The van der Waals surface area contributed by atoms with Crippen LogP contribution in [0.5, 0.6) is 11.5 Å². The molecule has 5 nitrogen and oxygen atoms in total. The minimum Gasteiger partial charge on any atom is -0.486 e. The summed E-state index contributed by atoms with van der Waals surface area (Å²) in [6, 6.07) is 6.03. The SMILES string of the molecule is C[C@H](OCC1CC1)C(=O)N1CCC[C@H]1c1cccc2c1OCCO2. The predicted molar refractivity (Wildman–Crippen MR) is 89.3 cm³/mol. The molecular formula is C19H25NO4. The summed E-state index contributed by atoms with van der Waals surface area (Å²) >= 11 is 0. The number of ether oxygens (including phenoxy) is 3. The van der Waals surface area contributed by atoms with Crippen molar-refractivity contribution in [3.05, 3.63) is 23.8 Å². The zero-order valence-electron chi connectivity index (χ0n) is 14.2. The lowest BCUT2D eigenvalue weighted by atomic mass is 10.0. The van der Waals surface area contributed by atoms with Crippen LogP contribution in [0.2, 0.25) is 0 Å². The number of amides is 1. The van der Waals surface area contributed by atoms with Gasteiger partial charge in [-0.2, -0.15) is 0 Å². The molecule has 3 aliphatic rings. The molecule has 2 heterocycles. The number of carbonyl (C=O) groups is 1. The maximum atomic E-state index is 12.9. The van der Waals surface area contributed by atoms with E-state index in [1.54, 1.807) is 0 Å². The molecule has 2 aliphatic heterocycles. The van der Waals surface area contributed by atoms with Gasteiger partial charge in [0.05, 0.1) is 12.6 Å². The Labute approximate surface area is 142 Å². The summed E-state index contributed by atoms with van der Waals surface area (Å²) in [5.41, 5.74) is 1.06. The molecule has 2 fully saturated rings. The second-order valence-electron chi connectivity index (χ2n) is 6.98. The van der Waals surface area contributed by atoms with Crippen molar-refractivity contribution >= 4 is 5.91 Å². The summed E-state index contributed by atoms with van der Waals surface area (Å²) in [7, 11) is 0. The Kier molecular flexibility index (Phi) is 4.35. The van der Waals surface area contributed by atoms with Crippen molar-refractivity contribution in [2.45, 2.75) is 44.8 Å². The highest BCUT2D eigenvalue weighted by atomic mass is 16.6. The van der Waals surface area contributed by atoms with E-state index in [-0.39, 0.29) is 18.1 Å². The van der Waals surface area contributed by atoms with Crippen LogP contribution in [0.25, 0.3) is 0 Å². The Morgan fingerprint density at radius 3 is 2.96 bits per heavy atom. The zero-order valence-corrected chi connectivity index (χ0v) is 14.2. The molecule has 1 aromatic carbocycles. The summed E-state index contributed by atoms with van der Waals surface area (Å²) in [5.74, 6) is 2.35. The molecule has 4 rings (SSSR count). The van der Waals surface area contributed by atoms with Crippen molar-refractivity contribution in [1.82, 2.24) is 4.90 Å². The molecule has 24 heavy (non-hydrogen) atoms. The maximum absolute atomic E-state index is 12.9. The fraction of sp³-hybridized carbons (Fsp3) is 0.632. The molecule has 0 unspecified atom stereocenters. The van der Waals surface area contributed by atoms with Crippen LogP contribution in [-0.2, 0) is 9.53 Å². The Morgan fingerprint density at radius 2 is 2.12 bits per heavy atom. The largest absolute Gasteiger partial charge is 0.486 e. The molecule has 1 amide bonds. The quantitative estimate of drug-likeness (QED) is 0.832. The molecule has 0 spiro atoms. The summed E-state index contributed by atoms with van der Waals surface area (Å²) in [6.45, 7) is 4.51. The van der Waals surface area contributed by atoms with Gasteiger partial charge in [-0.25, -0.2) is 0 Å². The Bertz CT molecular complexity index is 613. The van der Waals surface area contributed by atoms with Crippen LogP contribution < -0.4 is 9.47 Å². The van der Waals surface area contributed by atoms with E-state index < -0.39 is 0 Å². The molecule has 0 bridgehead atoms. The summed E-state index contributed by atoms with van der Waals surface area (Å²) < 4.78 is 17.3. The van der Waals surface area contributed by atoms with Gasteiger partial charge in [-0.15, -0.1) is 0 Å². The number of hydrogen-bond acceptors (Lipinski definition) is 4. The van der Waals surface area contributed by atoms with Crippen molar-refractivity contribution in [2.24, 2.45) is 5.92 Å². The lowest BCUT2D eigenvalue weighted by molar-refractivity contribution is -0.144. The first-order valence-corrected chi connectivity index (χ1v) is 9.04. The van der Waals surface area contributed by atoms with E-state index in [1.807, 2.05) is 24.0 Å². The summed E-state index contributed by atoms with van der Waals surface area (Å²) in [4.78, 5) is 14.8. The van der Waals surface area contributed by atoms with Gasteiger partial charge in [-0.3, -0.25) is 4.79 Å². The molecule has 0 aromatic heterocycles. The number of likely N-dealkylation sites (tertiary alicyclic amines) is 1. The van der Waals surface area contributed by atoms with Crippen LogP contribution in [0.1, 0.15) is 44.2 Å². The number of para-hydroxylation sites is 1. The standard InChI is InChI=1S/C19H25NO4/c1-13(24-12-14-7-8-14)19(21)20-9-3-5-16(20)15-4-2-6-17-18(15)23-11-10-22-17/h2,4,6,13-14,16H,3,5,7-12H2,1H3/t13-,16-/m0/s1. The number of fused-ring (bicyclic) bond motifs is 1. The minimum absolute atomic E-state index is 0.0566. The van der Waals surface area contributed by atoms with Crippen molar-refractivity contribution in [3.63, 3.8) is 0 Å². The van der Waals surface area contributed by atoms with E-state index >= 15 is 0 Å². The zero-order chi connectivity index (χ0) is 16.5. The van der Waals surface area contributed by atoms with Gasteiger partial charge in [-0.05, 0) is 44.6 Å². The lowest BCUT2D eigenvalue weighted by Gasteiger charge is -2.30. The highest BCUT2D eigenvalue weighted by Crippen LogP contribution is 2.43. The molecular weight excluding hydrogens is 306 g/mol. The van der Waals surface area contributed by atoms with Crippen molar-refractivity contribution in [3.8, 4) is 11.5 Å². The molecule has 5 heteroatoms. The van der Waals surface area contributed by atoms with E-state index in [2.05, 4.69) is 6.07 Å². The second-order valence-corrected chi connectivity index (χ2v) is 6.98. The first-order valence-electron chi connectivity index (χ1n) is 9.04. The van der Waals surface area contributed by atoms with Gasteiger partial charge in [0, 0.05) is 12.1 Å². The number of hydrogen-bond donors (Lipinski definition) is 0. The number of rotatable bonds is 5. The van der Waals surface area contributed by atoms with Crippen LogP contribution >= 0.6 is 0 Å². The Morgan fingerprint density at radius 1 is 1.29 bits per heavy atom. The minimum atomic E-state index is -0.372. The summed E-state index contributed by atoms with van der Waals surface area (Å²) in [5, 5.41) is 0.